The van der Waals surface area contributed by atoms with Gasteiger partial charge in [-0.3, -0.25) is 9.69 Å². The second kappa shape index (κ2) is 5.16. The summed E-state index contributed by atoms with van der Waals surface area (Å²) in [7, 11) is 0. The Balaban J connectivity index is 1.76. The molecule has 0 radical (unpaired) electrons. The van der Waals surface area contributed by atoms with Crippen molar-refractivity contribution in [2.75, 3.05) is 13.1 Å². The number of hydrogen-bond donors (Lipinski definition) is 0. The van der Waals surface area contributed by atoms with E-state index in [1.807, 2.05) is 6.92 Å². The standard InChI is InChI=1S/C17H20FN3O/c1-2-14(22)21-16(12-3-5-13(18)6-4-12)17-15(19-21)11-7-9-20(17)10-8-11/h3-6,11,16-17H,2,7-10H2,1H3/t16-,17+/m0/s1. The minimum absolute atomic E-state index is 0.0387. The molecule has 2 atom stereocenters. The Morgan fingerprint density at radius 1 is 1.23 bits per heavy atom. The summed E-state index contributed by atoms with van der Waals surface area (Å²) in [6.07, 6.45) is 2.71. The number of halogens is 1. The van der Waals surface area contributed by atoms with Gasteiger partial charge < -0.3 is 0 Å². The molecule has 0 spiro atoms. The van der Waals surface area contributed by atoms with Crippen molar-refractivity contribution in [2.45, 2.75) is 38.3 Å². The first-order chi connectivity index (χ1) is 10.7. The van der Waals surface area contributed by atoms with Crippen molar-refractivity contribution in [3.63, 3.8) is 0 Å². The summed E-state index contributed by atoms with van der Waals surface area (Å²) in [5.74, 6) is 0.297. The van der Waals surface area contributed by atoms with E-state index in [0.29, 0.717) is 12.3 Å². The van der Waals surface area contributed by atoms with Crippen molar-refractivity contribution >= 4 is 11.6 Å². The topological polar surface area (TPSA) is 35.9 Å². The van der Waals surface area contributed by atoms with Crippen LogP contribution < -0.4 is 0 Å². The average Bonchev–Trinajstić information content (AvgIpc) is 2.98. The van der Waals surface area contributed by atoms with Crippen LogP contribution in [0.1, 0.15) is 37.8 Å². The third kappa shape index (κ3) is 1.99. The molecule has 4 nitrogen and oxygen atoms in total. The van der Waals surface area contributed by atoms with E-state index in [1.165, 1.54) is 12.1 Å². The van der Waals surface area contributed by atoms with E-state index in [0.717, 1.165) is 37.2 Å². The summed E-state index contributed by atoms with van der Waals surface area (Å²) in [6.45, 7) is 4.00. The Morgan fingerprint density at radius 2 is 1.91 bits per heavy atom. The molecule has 0 unspecified atom stereocenters. The maximum absolute atomic E-state index is 13.3. The van der Waals surface area contributed by atoms with E-state index in [9.17, 15) is 9.18 Å². The molecule has 0 aliphatic carbocycles. The summed E-state index contributed by atoms with van der Waals surface area (Å²) in [5, 5.41) is 6.37. The minimum Gasteiger partial charge on any atom is -0.293 e. The van der Waals surface area contributed by atoms with Gasteiger partial charge in [0.15, 0.2) is 0 Å². The molecule has 4 heterocycles. The van der Waals surface area contributed by atoms with Crippen molar-refractivity contribution in [1.29, 1.82) is 0 Å². The van der Waals surface area contributed by atoms with Gasteiger partial charge in [-0.05, 0) is 43.6 Å². The first-order valence-electron chi connectivity index (χ1n) is 8.09. The van der Waals surface area contributed by atoms with Crippen LogP contribution in [0.15, 0.2) is 29.4 Å². The van der Waals surface area contributed by atoms with Crippen molar-refractivity contribution in [2.24, 2.45) is 11.0 Å². The Morgan fingerprint density at radius 3 is 2.55 bits per heavy atom. The normalized spacial score (nSPS) is 32.8. The minimum atomic E-state index is -0.248. The molecule has 4 aliphatic heterocycles. The number of benzene rings is 1. The molecule has 5 heteroatoms. The molecule has 0 saturated carbocycles. The van der Waals surface area contributed by atoms with Gasteiger partial charge in [-0.25, -0.2) is 9.40 Å². The number of amides is 1. The molecule has 0 N–H and O–H groups in total. The van der Waals surface area contributed by atoms with E-state index >= 15 is 0 Å². The van der Waals surface area contributed by atoms with Crippen LogP contribution in [0.5, 0.6) is 0 Å². The Bertz CT molecular complexity index is 619. The molecule has 4 aliphatic rings. The maximum Gasteiger partial charge on any atom is 0.243 e. The number of nitrogens with zero attached hydrogens (tertiary/aromatic N) is 3. The molecule has 1 amide bonds. The second-order valence-electron chi connectivity index (χ2n) is 6.37. The molecule has 2 bridgehead atoms. The number of hydrazone groups is 1. The van der Waals surface area contributed by atoms with Gasteiger partial charge in [0.05, 0.1) is 11.8 Å². The van der Waals surface area contributed by atoms with Crippen LogP contribution in [0, 0.1) is 11.7 Å². The fraction of sp³-hybridized carbons (Fsp3) is 0.529. The lowest BCUT2D eigenvalue weighted by Gasteiger charge is -2.46. The summed E-state index contributed by atoms with van der Waals surface area (Å²) in [4.78, 5) is 14.8. The van der Waals surface area contributed by atoms with E-state index in [2.05, 4.69) is 4.90 Å². The number of carbonyl (C=O) groups is 1. The van der Waals surface area contributed by atoms with Crippen LogP contribution >= 0.6 is 0 Å². The molecular formula is C17H20FN3O. The molecule has 116 valence electrons. The first kappa shape index (κ1) is 13.9. The fourth-order valence-corrected chi connectivity index (χ4v) is 4.08. The number of hydrogen-bond acceptors (Lipinski definition) is 3. The van der Waals surface area contributed by atoms with E-state index in [4.69, 9.17) is 5.10 Å². The molecule has 0 aromatic heterocycles. The number of carbonyl (C=O) groups excluding carboxylic acids is 1. The highest BCUT2D eigenvalue weighted by atomic mass is 19.1. The summed E-state index contributed by atoms with van der Waals surface area (Å²) in [6, 6.07) is 6.59. The molecule has 3 fully saturated rings. The Labute approximate surface area is 129 Å². The quantitative estimate of drug-likeness (QED) is 0.841. The SMILES string of the molecule is CCC(=O)N1N=C2C3CCN(CC3)[C@H]2[C@@H]1c1ccc(F)cc1. The first-order valence-corrected chi connectivity index (χ1v) is 8.09. The fourth-order valence-electron chi connectivity index (χ4n) is 4.08. The molecule has 22 heavy (non-hydrogen) atoms. The van der Waals surface area contributed by atoms with Gasteiger partial charge in [0.1, 0.15) is 11.9 Å². The van der Waals surface area contributed by atoms with Crippen LogP contribution in [0.2, 0.25) is 0 Å². The number of fused-ring (bicyclic) bond motifs is 2. The summed E-state index contributed by atoms with van der Waals surface area (Å²) >= 11 is 0. The highest BCUT2D eigenvalue weighted by Gasteiger charge is 2.50. The van der Waals surface area contributed by atoms with Gasteiger partial charge in [-0.15, -0.1) is 0 Å². The molecule has 5 rings (SSSR count). The Kier molecular flexibility index (Phi) is 3.26. The molecular weight excluding hydrogens is 281 g/mol. The highest BCUT2D eigenvalue weighted by molar-refractivity contribution is 5.97. The van der Waals surface area contributed by atoms with Crippen molar-refractivity contribution in [3.05, 3.63) is 35.6 Å². The zero-order valence-corrected chi connectivity index (χ0v) is 12.7. The third-order valence-corrected chi connectivity index (χ3v) is 5.20. The monoisotopic (exact) mass is 301 g/mol. The highest BCUT2D eigenvalue weighted by Crippen LogP contribution is 2.43. The van der Waals surface area contributed by atoms with Crippen molar-refractivity contribution < 1.29 is 9.18 Å². The van der Waals surface area contributed by atoms with Crippen LogP contribution in [-0.4, -0.2) is 40.7 Å². The van der Waals surface area contributed by atoms with Crippen LogP contribution in [0.25, 0.3) is 0 Å². The smallest absolute Gasteiger partial charge is 0.243 e. The predicted molar refractivity (Wildman–Crippen MR) is 81.8 cm³/mol. The summed E-state index contributed by atoms with van der Waals surface area (Å²) in [5.41, 5.74) is 2.13. The molecule has 3 saturated heterocycles. The van der Waals surface area contributed by atoms with E-state index in [-0.39, 0.29) is 23.8 Å². The second-order valence-corrected chi connectivity index (χ2v) is 6.37. The van der Waals surface area contributed by atoms with E-state index < -0.39 is 0 Å². The maximum atomic E-state index is 13.3. The molecule has 1 aromatic rings. The zero-order valence-electron chi connectivity index (χ0n) is 12.7. The van der Waals surface area contributed by atoms with Gasteiger partial charge in [-0.2, -0.15) is 5.10 Å². The lowest BCUT2D eigenvalue weighted by molar-refractivity contribution is -0.133. The van der Waals surface area contributed by atoms with Crippen molar-refractivity contribution in [1.82, 2.24) is 9.91 Å². The lowest BCUT2D eigenvalue weighted by atomic mass is 9.78. The van der Waals surface area contributed by atoms with Crippen LogP contribution in [0.3, 0.4) is 0 Å². The van der Waals surface area contributed by atoms with Crippen LogP contribution in [0.4, 0.5) is 4.39 Å². The van der Waals surface area contributed by atoms with E-state index in [1.54, 1.807) is 17.1 Å². The van der Waals surface area contributed by atoms with Gasteiger partial charge in [0.25, 0.3) is 0 Å². The number of piperidine rings is 3. The van der Waals surface area contributed by atoms with Crippen molar-refractivity contribution in [3.8, 4) is 0 Å². The van der Waals surface area contributed by atoms with Gasteiger partial charge in [0.2, 0.25) is 5.91 Å². The van der Waals surface area contributed by atoms with Gasteiger partial charge >= 0.3 is 0 Å². The van der Waals surface area contributed by atoms with Crippen LogP contribution in [-0.2, 0) is 4.79 Å². The zero-order chi connectivity index (χ0) is 15.3. The largest absolute Gasteiger partial charge is 0.293 e. The Hall–Kier alpha value is -1.75. The average molecular weight is 301 g/mol. The van der Waals surface area contributed by atoms with Gasteiger partial charge in [0, 0.05) is 12.3 Å². The molecule has 1 aromatic carbocycles. The summed E-state index contributed by atoms with van der Waals surface area (Å²) < 4.78 is 13.3. The predicted octanol–water partition coefficient (Wildman–Crippen LogP) is 2.57. The number of rotatable bonds is 2. The lowest BCUT2D eigenvalue weighted by Crippen LogP contribution is -2.56. The third-order valence-electron chi connectivity index (χ3n) is 5.20. The van der Waals surface area contributed by atoms with Gasteiger partial charge in [-0.1, -0.05) is 19.1 Å².